The van der Waals surface area contributed by atoms with E-state index < -0.39 is 0 Å². The molecule has 1 aliphatic heterocycles. The van der Waals surface area contributed by atoms with E-state index in [1.165, 1.54) is 5.56 Å². The first-order valence-electron chi connectivity index (χ1n) is 12.5. The number of benzene rings is 2. The molecule has 1 aliphatic rings. The topological polar surface area (TPSA) is 57.6 Å². The zero-order valence-electron chi connectivity index (χ0n) is 20.8. The Bertz CT molecular complexity index is 1360. The van der Waals surface area contributed by atoms with Crippen molar-refractivity contribution >= 4 is 39.2 Å². The Morgan fingerprint density at radius 1 is 1.03 bits per heavy atom. The summed E-state index contributed by atoms with van der Waals surface area (Å²) < 4.78 is 2.19. The minimum atomic E-state index is -0.120. The number of carbonyl (C=O) groups is 2. The lowest BCUT2D eigenvalue weighted by Gasteiger charge is -2.39. The van der Waals surface area contributed by atoms with Crippen molar-refractivity contribution in [2.75, 3.05) is 25.0 Å². The Labute approximate surface area is 216 Å². The highest BCUT2D eigenvalue weighted by Gasteiger charge is 2.31. The van der Waals surface area contributed by atoms with Gasteiger partial charge in [0.2, 0.25) is 0 Å². The van der Waals surface area contributed by atoms with Crippen LogP contribution in [0, 0.1) is 6.92 Å². The SMILES string of the molecule is Cc1cccc(NC(=O)N2CCN(C(=O)c3cc4ccsc4n3CCCc3ccccc3)C[C@@H]2C)c1. The van der Waals surface area contributed by atoms with Gasteiger partial charge in [-0.3, -0.25) is 4.79 Å². The van der Waals surface area contributed by atoms with Crippen molar-refractivity contribution in [3.63, 3.8) is 0 Å². The summed E-state index contributed by atoms with van der Waals surface area (Å²) in [6.07, 6.45) is 1.95. The fourth-order valence-corrected chi connectivity index (χ4v) is 5.91. The van der Waals surface area contributed by atoms with E-state index in [0.717, 1.165) is 46.5 Å². The Kier molecular flexibility index (Phi) is 7.09. The van der Waals surface area contributed by atoms with E-state index in [9.17, 15) is 9.59 Å². The van der Waals surface area contributed by atoms with Crippen LogP contribution in [0.1, 0.15) is 35.0 Å². The van der Waals surface area contributed by atoms with Crippen molar-refractivity contribution in [1.82, 2.24) is 14.4 Å². The molecule has 1 saturated heterocycles. The van der Waals surface area contributed by atoms with Gasteiger partial charge in [0.05, 0.1) is 0 Å². The number of thiophene rings is 1. The molecule has 2 aromatic heterocycles. The van der Waals surface area contributed by atoms with Gasteiger partial charge in [0, 0.05) is 43.3 Å². The lowest BCUT2D eigenvalue weighted by Crippen LogP contribution is -2.56. The van der Waals surface area contributed by atoms with Gasteiger partial charge in [-0.25, -0.2) is 4.79 Å². The molecule has 3 heterocycles. The predicted molar refractivity (Wildman–Crippen MR) is 147 cm³/mol. The largest absolute Gasteiger partial charge is 0.334 e. The monoisotopic (exact) mass is 500 g/mol. The average molecular weight is 501 g/mol. The number of hydrogen-bond acceptors (Lipinski definition) is 3. The van der Waals surface area contributed by atoms with E-state index >= 15 is 0 Å². The second kappa shape index (κ2) is 10.6. The van der Waals surface area contributed by atoms with E-state index in [0.29, 0.717) is 19.6 Å². The molecule has 6 nitrogen and oxygen atoms in total. The third-order valence-electron chi connectivity index (χ3n) is 6.86. The fraction of sp³-hybridized carbons (Fsp3) is 0.310. The van der Waals surface area contributed by atoms with E-state index in [-0.39, 0.29) is 18.0 Å². The first kappa shape index (κ1) is 24.1. The van der Waals surface area contributed by atoms with Crippen LogP contribution in [0.15, 0.2) is 72.1 Å². The Hall–Kier alpha value is -3.58. The number of piperazine rings is 1. The Morgan fingerprint density at radius 3 is 2.64 bits per heavy atom. The summed E-state index contributed by atoms with van der Waals surface area (Å²) in [5.41, 5.74) is 3.95. The molecule has 0 spiro atoms. The number of rotatable bonds is 6. The molecule has 5 rings (SSSR count). The summed E-state index contributed by atoms with van der Waals surface area (Å²) in [7, 11) is 0. The molecule has 0 radical (unpaired) electrons. The number of hydrogen-bond donors (Lipinski definition) is 1. The van der Waals surface area contributed by atoms with Crippen LogP contribution in [0.2, 0.25) is 0 Å². The molecule has 7 heteroatoms. The summed E-state index contributed by atoms with van der Waals surface area (Å²) in [6.45, 7) is 6.36. The van der Waals surface area contributed by atoms with Gasteiger partial charge in [-0.05, 0) is 67.5 Å². The van der Waals surface area contributed by atoms with Gasteiger partial charge in [-0.2, -0.15) is 0 Å². The van der Waals surface area contributed by atoms with E-state index in [1.54, 1.807) is 11.3 Å². The molecule has 0 bridgehead atoms. The van der Waals surface area contributed by atoms with Crippen molar-refractivity contribution in [2.24, 2.45) is 0 Å². The van der Waals surface area contributed by atoms with Gasteiger partial charge in [-0.15, -0.1) is 11.3 Å². The highest BCUT2D eigenvalue weighted by Crippen LogP contribution is 2.27. The summed E-state index contributed by atoms with van der Waals surface area (Å²) in [4.78, 5) is 31.4. The lowest BCUT2D eigenvalue weighted by molar-refractivity contribution is 0.0582. The van der Waals surface area contributed by atoms with Crippen molar-refractivity contribution < 1.29 is 9.59 Å². The van der Waals surface area contributed by atoms with Crippen LogP contribution >= 0.6 is 11.3 Å². The predicted octanol–water partition coefficient (Wildman–Crippen LogP) is 6.02. The van der Waals surface area contributed by atoms with Gasteiger partial charge in [-0.1, -0.05) is 42.5 Å². The van der Waals surface area contributed by atoms with Gasteiger partial charge in [0.15, 0.2) is 0 Å². The van der Waals surface area contributed by atoms with E-state index in [4.69, 9.17) is 0 Å². The van der Waals surface area contributed by atoms with Crippen molar-refractivity contribution in [1.29, 1.82) is 0 Å². The zero-order chi connectivity index (χ0) is 25.1. The number of aryl methyl sites for hydroxylation is 3. The van der Waals surface area contributed by atoms with Crippen molar-refractivity contribution in [3.05, 3.63) is 88.9 Å². The maximum Gasteiger partial charge on any atom is 0.322 e. The van der Waals surface area contributed by atoms with Crippen LogP contribution in [-0.2, 0) is 13.0 Å². The summed E-state index contributed by atoms with van der Waals surface area (Å²) in [5, 5.41) is 6.20. The normalized spacial score (nSPS) is 15.9. The third kappa shape index (κ3) is 5.16. The average Bonchev–Trinajstić information content (AvgIpc) is 3.46. The molecule has 0 saturated carbocycles. The minimum Gasteiger partial charge on any atom is -0.334 e. The highest BCUT2D eigenvalue weighted by molar-refractivity contribution is 7.16. The summed E-state index contributed by atoms with van der Waals surface area (Å²) in [5.74, 6) is 0.0451. The van der Waals surface area contributed by atoms with Crippen LogP contribution in [0.4, 0.5) is 10.5 Å². The molecule has 2 aromatic carbocycles. The maximum absolute atomic E-state index is 13.7. The summed E-state index contributed by atoms with van der Waals surface area (Å²) >= 11 is 1.68. The third-order valence-corrected chi connectivity index (χ3v) is 7.81. The molecule has 1 atom stereocenters. The number of aromatic nitrogens is 1. The summed E-state index contributed by atoms with van der Waals surface area (Å²) in [6, 6.07) is 22.2. The zero-order valence-corrected chi connectivity index (χ0v) is 21.6. The van der Waals surface area contributed by atoms with Crippen LogP contribution in [0.3, 0.4) is 0 Å². The van der Waals surface area contributed by atoms with Gasteiger partial charge in [0.25, 0.3) is 5.91 Å². The van der Waals surface area contributed by atoms with E-state index in [1.807, 2.05) is 60.0 Å². The molecular formula is C29H32N4O2S. The lowest BCUT2D eigenvalue weighted by atomic mass is 10.1. The standard InChI is InChI=1S/C29H32N4O2S/c1-21-8-6-12-25(18-21)30-29(35)32-16-15-31(20-22(32)2)27(34)26-19-24-13-17-36-28(24)33(26)14-7-11-23-9-4-3-5-10-23/h3-6,8-10,12-13,17-19,22H,7,11,14-16,20H2,1-2H3,(H,30,35)/t22-/m0/s1. The van der Waals surface area contributed by atoms with E-state index in [2.05, 4.69) is 45.6 Å². The number of nitrogens with zero attached hydrogens (tertiary/aromatic N) is 3. The maximum atomic E-state index is 13.7. The number of nitrogens with one attached hydrogen (secondary N) is 1. The minimum absolute atomic E-state index is 0.0451. The second-order valence-corrected chi connectivity index (χ2v) is 10.4. The van der Waals surface area contributed by atoms with Crippen molar-refractivity contribution in [2.45, 2.75) is 39.3 Å². The molecule has 1 N–H and O–H groups in total. The van der Waals surface area contributed by atoms with Crippen molar-refractivity contribution in [3.8, 4) is 0 Å². The second-order valence-electron chi connectivity index (χ2n) is 9.54. The molecule has 36 heavy (non-hydrogen) atoms. The number of fused-ring (bicyclic) bond motifs is 1. The highest BCUT2D eigenvalue weighted by atomic mass is 32.1. The Balaban J connectivity index is 1.25. The number of amides is 3. The molecule has 3 amide bonds. The van der Waals surface area contributed by atoms with Crippen LogP contribution in [-0.4, -0.2) is 52.0 Å². The fourth-order valence-electron chi connectivity index (χ4n) is 4.98. The molecule has 186 valence electrons. The van der Waals surface area contributed by atoms with Crippen LogP contribution < -0.4 is 5.32 Å². The van der Waals surface area contributed by atoms with Crippen LogP contribution in [0.25, 0.3) is 10.2 Å². The quantitative estimate of drug-likeness (QED) is 0.352. The molecular weight excluding hydrogens is 468 g/mol. The number of urea groups is 1. The molecule has 1 fully saturated rings. The van der Waals surface area contributed by atoms with Gasteiger partial charge >= 0.3 is 6.03 Å². The van der Waals surface area contributed by atoms with Crippen LogP contribution in [0.5, 0.6) is 0 Å². The van der Waals surface area contributed by atoms with Gasteiger partial charge < -0.3 is 19.7 Å². The number of carbonyl (C=O) groups excluding carboxylic acids is 2. The molecule has 0 aliphatic carbocycles. The smallest absolute Gasteiger partial charge is 0.322 e. The molecule has 4 aromatic rings. The van der Waals surface area contributed by atoms with Gasteiger partial charge in [0.1, 0.15) is 10.5 Å². The first-order valence-corrected chi connectivity index (χ1v) is 13.4. The first-order chi connectivity index (χ1) is 17.5. The molecule has 0 unspecified atom stereocenters. The number of anilines is 1. The Morgan fingerprint density at radius 2 is 1.86 bits per heavy atom.